The molecule has 0 aliphatic carbocycles. The third-order valence-electron chi connectivity index (χ3n) is 3.74. The highest BCUT2D eigenvalue weighted by Crippen LogP contribution is 2.19. The van der Waals surface area contributed by atoms with Crippen LogP contribution in [0.1, 0.15) is 79.1 Å². The van der Waals surface area contributed by atoms with Gasteiger partial charge in [-0.25, -0.2) is 0 Å². The van der Waals surface area contributed by atoms with Crippen molar-refractivity contribution in [1.29, 1.82) is 0 Å². The van der Waals surface area contributed by atoms with Crippen molar-refractivity contribution in [2.45, 2.75) is 94.9 Å². The predicted molar refractivity (Wildman–Crippen MR) is 83.3 cm³/mol. The predicted octanol–water partition coefficient (Wildman–Crippen LogP) is 6.30. The molecule has 0 aromatic heterocycles. The van der Waals surface area contributed by atoms with Crippen LogP contribution in [0.2, 0.25) is 15.8 Å². The van der Waals surface area contributed by atoms with Crippen molar-refractivity contribution in [2.75, 3.05) is 0 Å². The Balaban J connectivity index is 3.64. The Hall–Kier alpha value is 0.532. The molecule has 0 saturated carbocycles. The molecule has 0 atom stereocenters. The molecule has 0 aromatic rings. The molecule has 0 amide bonds. The molecule has 0 aromatic carbocycles. The summed E-state index contributed by atoms with van der Waals surface area (Å²) in [4.78, 5) is 0. The zero-order chi connectivity index (χ0) is 12.9. The lowest BCUT2D eigenvalue weighted by atomic mass is 10.2. The second-order valence-electron chi connectivity index (χ2n) is 6.19. The lowest BCUT2D eigenvalue weighted by Gasteiger charge is -2.14. The molecule has 0 N–H and O–H groups in total. The molecule has 0 fully saturated rings. The summed E-state index contributed by atoms with van der Waals surface area (Å²) in [6, 6.07) is 0. The molecule has 0 bridgehead atoms. The Morgan fingerprint density at radius 1 is 0.706 bits per heavy atom. The Morgan fingerprint density at radius 3 is 1.53 bits per heavy atom. The molecular formula is C16H35Al. The van der Waals surface area contributed by atoms with Crippen molar-refractivity contribution in [3.8, 4) is 0 Å². The summed E-state index contributed by atoms with van der Waals surface area (Å²) in [5.74, 6) is 0.948. The monoisotopic (exact) mass is 254 g/mol. The highest BCUT2D eigenvalue weighted by Gasteiger charge is 2.17. The van der Waals surface area contributed by atoms with Crippen LogP contribution >= 0.6 is 0 Å². The van der Waals surface area contributed by atoms with Gasteiger partial charge in [0.25, 0.3) is 14.1 Å². The zero-order valence-electron chi connectivity index (χ0n) is 12.9. The highest BCUT2D eigenvalue weighted by molar-refractivity contribution is 6.58. The minimum atomic E-state index is -0.377. The van der Waals surface area contributed by atoms with E-state index in [0.29, 0.717) is 0 Å². The molecule has 0 nitrogen and oxygen atoms in total. The van der Waals surface area contributed by atoms with E-state index in [1.807, 2.05) is 0 Å². The molecule has 0 heterocycles. The van der Waals surface area contributed by atoms with Crippen LogP contribution in [0.3, 0.4) is 0 Å². The van der Waals surface area contributed by atoms with Crippen molar-refractivity contribution in [3.63, 3.8) is 0 Å². The van der Waals surface area contributed by atoms with Gasteiger partial charge in [-0.3, -0.25) is 0 Å². The fourth-order valence-corrected chi connectivity index (χ4v) is 6.59. The molecule has 0 saturated heterocycles. The van der Waals surface area contributed by atoms with Crippen LogP contribution < -0.4 is 0 Å². The van der Waals surface area contributed by atoms with E-state index in [1.54, 1.807) is 15.8 Å². The van der Waals surface area contributed by atoms with Crippen LogP contribution in [-0.2, 0) is 0 Å². The van der Waals surface area contributed by atoms with Gasteiger partial charge in [-0.05, 0) is 0 Å². The summed E-state index contributed by atoms with van der Waals surface area (Å²) in [5.41, 5.74) is 0. The molecule has 0 aliphatic heterocycles. The van der Waals surface area contributed by atoms with Gasteiger partial charge in [-0.2, -0.15) is 0 Å². The number of unbranched alkanes of at least 4 members (excludes halogenated alkanes) is 6. The molecule has 0 rings (SSSR count). The SMILES string of the molecule is CCCCC[CH2][Al]([CH2]CCCCC)[CH2]C(C)C. The van der Waals surface area contributed by atoms with Crippen molar-refractivity contribution < 1.29 is 0 Å². The number of rotatable bonds is 12. The van der Waals surface area contributed by atoms with E-state index in [0.717, 1.165) is 5.92 Å². The first kappa shape index (κ1) is 17.5. The van der Waals surface area contributed by atoms with Crippen molar-refractivity contribution >= 4 is 14.1 Å². The first-order valence-corrected chi connectivity index (χ1v) is 10.7. The zero-order valence-corrected chi connectivity index (χ0v) is 14.1. The van der Waals surface area contributed by atoms with Crippen LogP contribution in [0.15, 0.2) is 0 Å². The van der Waals surface area contributed by atoms with E-state index in [1.165, 1.54) is 51.4 Å². The normalized spacial score (nSPS) is 11.1. The smallest absolute Gasteiger partial charge is 0.0938 e. The Kier molecular flexibility index (Phi) is 13.4. The summed E-state index contributed by atoms with van der Waals surface area (Å²) >= 11 is -0.377. The molecule has 1 heteroatoms. The van der Waals surface area contributed by atoms with Crippen molar-refractivity contribution in [1.82, 2.24) is 0 Å². The topological polar surface area (TPSA) is 0 Å². The molecule has 17 heavy (non-hydrogen) atoms. The molecule has 0 unspecified atom stereocenters. The van der Waals surface area contributed by atoms with E-state index in [9.17, 15) is 0 Å². The first-order valence-electron chi connectivity index (χ1n) is 8.20. The Morgan fingerprint density at radius 2 is 1.18 bits per heavy atom. The summed E-state index contributed by atoms with van der Waals surface area (Å²) in [6.07, 6.45) is 11.7. The maximum Gasteiger partial charge on any atom is 0.262 e. The average molecular weight is 254 g/mol. The standard InChI is InChI=1S/2C6H13.C4H9.Al/c2*1-3-5-6-4-2;1-4(2)3;/h2*1,3-6H2,2H3;4H,1H2,2-3H3;. The maximum atomic E-state index is 2.41. The molecule has 102 valence electrons. The lowest BCUT2D eigenvalue weighted by Crippen LogP contribution is -2.14. The fraction of sp³-hybridized carbons (Fsp3) is 1.00. The van der Waals surface area contributed by atoms with E-state index in [-0.39, 0.29) is 14.1 Å². The number of hydrogen-bond donors (Lipinski definition) is 0. The van der Waals surface area contributed by atoms with Crippen LogP contribution in [0.4, 0.5) is 0 Å². The lowest BCUT2D eigenvalue weighted by molar-refractivity contribution is 0.670. The number of hydrogen-bond acceptors (Lipinski definition) is 0. The van der Waals surface area contributed by atoms with Crippen molar-refractivity contribution in [2.24, 2.45) is 5.92 Å². The summed E-state index contributed by atoms with van der Waals surface area (Å²) in [5, 5.41) is 4.85. The van der Waals surface area contributed by atoms with Gasteiger partial charge >= 0.3 is 0 Å². The largest absolute Gasteiger partial charge is 0.262 e. The highest BCUT2D eigenvalue weighted by atomic mass is 27.2. The minimum Gasteiger partial charge on any atom is -0.0938 e. The van der Waals surface area contributed by atoms with Crippen LogP contribution in [0.25, 0.3) is 0 Å². The Labute approximate surface area is 115 Å². The average Bonchev–Trinajstić information content (AvgIpc) is 2.29. The Bertz CT molecular complexity index is 130. The van der Waals surface area contributed by atoms with Gasteiger partial charge in [0, 0.05) is 0 Å². The van der Waals surface area contributed by atoms with E-state index in [4.69, 9.17) is 0 Å². The van der Waals surface area contributed by atoms with E-state index < -0.39 is 0 Å². The maximum absolute atomic E-state index is 2.41. The third-order valence-corrected chi connectivity index (χ3v) is 7.80. The fourth-order valence-electron chi connectivity index (χ4n) is 2.77. The van der Waals surface area contributed by atoms with E-state index >= 15 is 0 Å². The third kappa shape index (κ3) is 12.8. The second kappa shape index (κ2) is 13.0. The summed E-state index contributed by atoms with van der Waals surface area (Å²) < 4.78 is 0. The van der Waals surface area contributed by atoms with Crippen molar-refractivity contribution in [3.05, 3.63) is 0 Å². The van der Waals surface area contributed by atoms with Gasteiger partial charge < -0.3 is 0 Å². The summed E-state index contributed by atoms with van der Waals surface area (Å²) in [6.45, 7) is 9.46. The van der Waals surface area contributed by atoms with Gasteiger partial charge in [0.05, 0.1) is 0 Å². The van der Waals surface area contributed by atoms with Crippen LogP contribution in [0, 0.1) is 5.92 Å². The van der Waals surface area contributed by atoms with Gasteiger partial charge in [0.15, 0.2) is 0 Å². The van der Waals surface area contributed by atoms with Gasteiger partial charge in [-0.1, -0.05) is 101 Å². The van der Waals surface area contributed by atoms with Gasteiger partial charge in [0.2, 0.25) is 0 Å². The molecule has 0 aliphatic rings. The first-order chi connectivity index (χ1) is 8.20. The van der Waals surface area contributed by atoms with Crippen LogP contribution in [0.5, 0.6) is 0 Å². The van der Waals surface area contributed by atoms with Gasteiger partial charge in [-0.15, -0.1) is 0 Å². The summed E-state index contributed by atoms with van der Waals surface area (Å²) in [7, 11) is 0. The van der Waals surface area contributed by atoms with Gasteiger partial charge in [0.1, 0.15) is 0 Å². The quantitative estimate of drug-likeness (QED) is 0.283. The molecule has 0 spiro atoms. The van der Waals surface area contributed by atoms with Crippen LogP contribution in [-0.4, -0.2) is 14.1 Å². The second-order valence-corrected chi connectivity index (χ2v) is 9.55. The molecular weight excluding hydrogens is 219 g/mol. The minimum absolute atomic E-state index is 0.377. The van der Waals surface area contributed by atoms with E-state index in [2.05, 4.69) is 27.7 Å². The molecule has 0 radical (unpaired) electrons.